The molecule has 0 unspecified atom stereocenters. The van der Waals surface area contributed by atoms with Gasteiger partial charge in [-0.3, -0.25) is 9.59 Å². The molecule has 1 amide bonds. The Hall–Kier alpha value is -5.15. The van der Waals surface area contributed by atoms with Crippen molar-refractivity contribution in [3.8, 4) is 0 Å². The monoisotopic (exact) mass is 694 g/mol. The van der Waals surface area contributed by atoms with Crippen molar-refractivity contribution in [3.63, 3.8) is 0 Å². The van der Waals surface area contributed by atoms with Crippen molar-refractivity contribution < 1.29 is 35.2 Å². The van der Waals surface area contributed by atoms with Crippen molar-refractivity contribution >= 4 is 46.5 Å². The van der Waals surface area contributed by atoms with Gasteiger partial charge < -0.3 is 42.5 Å². The fourth-order valence-electron chi connectivity index (χ4n) is 5.41. The molecule has 15 nitrogen and oxygen atoms in total. The van der Waals surface area contributed by atoms with E-state index in [9.17, 15) is 24.6 Å². The summed E-state index contributed by atoms with van der Waals surface area (Å²) in [5.74, 6) is -2.46. The SMILES string of the molecule is CC(C)=CCC[C@@](C)(O)[C@H]1CC=C(C)CC1.CN(Cc1cnc2nc(N)nc(N)c2n1)c1ccc(C(=O)N[C@@H](CCC(=O)O)C(=O)O)cc1.O. The molecule has 2 aromatic heterocycles. The van der Waals surface area contributed by atoms with Crippen molar-refractivity contribution in [1.29, 1.82) is 0 Å². The van der Waals surface area contributed by atoms with E-state index in [2.05, 4.69) is 58.2 Å². The van der Waals surface area contributed by atoms with Gasteiger partial charge in [0.05, 0.1) is 24.0 Å². The molecule has 2 heterocycles. The van der Waals surface area contributed by atoms with Gasteiger partial charge in [-0.15, -0.1) is 0 Å². The van der Waals surface area contributed by atoms with Crippen molar-refractivity contribution in [2.24, 2.45) is 5.92 Å². The number of aromatic nitrogens is 4. The van der Waals surface area contributed by atoms with E-state index in [4.69, 9.17) is 16.6 Å². The smallest absolute Gasteiger partial charge is 0.326 e. The second-order valence-electron chi connectivity index (χ2n) is 12.9. The van der Waals surface area contributed by atoms with Crippen LogP contribution >= 0.6 is 0 Å². The van der Waals surface area contributed by atoms with Crippen LogP contribution in [0.5, 0.6) is 0 Å². The van der Waals surface area contributed by atoms with E-state index in [-0.39, 0.29) is 35.6 Å². The van der Waals surface area contributed by atoms with Gasteiger partial charge in [0.2, 0.25) is 5.95 Å². The Morgan fingerprint density at radius 3 is 2.38 bits per heavy atom. The maximum Gasteiger partial charge on any atom is 0.326 e. The number of nitrogens with two attached hydrogens (primary N) is 2. The van der Waals surface area contributed by atoms with Gasteiger partial charge in [0, 0.05) is 24.7 Å². The zero-order valence-electron chi connectivity index (χ0n) is 29.3. The number of nitrogens with zero attached hydrogens (tertiary/aromatic N) is 5. The van der Waals surface area contributed by atoms with Crippen LogP contribution in [0.1, 0.15) is 88.7 Å². The van der Waals surface area contributed by atoms with Gasteiger partial charge in [0.25, 0.3) is 5.91 Å². The third-order valence-corrected chi connectivity index (χ3v) is 8.44. The molecule has 15 heteroatoms. The van der Waals surface area contributed by atoms with E-state index in [0.717, 1.165) is 37.8 Å². The lowest BCUT2D eigenvalue weighted by Gasteiger charge is -2.34. The van der Waals surface area contributed by atoms with Crippen LogP contribution in [0.4, 0.5) is 17.5 Å². The summed E-state index contributed by atoms with van der Waals surface area (Å²) in [6.07, 6.45) is 10.7. The molecule has 10 N–H and O–H groups in total. The van der Waals surface area contributed by atoms with Crippen molar-refractivity contribution in [2.45, 2.75) is 90.8 Å². The summed E-state index contributed by atoms with van der Waals surface area (Å²) < 4.78 is 0. The molecule has 0 bridgehead atoms. The first-order chi connectivity index (χ1) is 23.0. The number of carbonyl (C=O) groups excluding carboxylic acids is 1. The summed E-state index contributed by atoms with van der Waals surface area (Å²) >= 11 is 0. The summed E-state index contributed by atoms with van der Waals surface area (Å²) in [4.78, 5) is 52.7. The number of rotatable bonds is 13. The lowest BCUT2D eigenvalue weighted by atomic mass is 9.76. The molecule has 50 heavy (non-hydrogen) atoms. The van der Waals surface area contributed by atoms with Crippen LogP contribution in [0.2, 0.25) is 0 Å². The average molecular weight is 695 g/mol. The van der Waals surface area contributed by atoms with E-state index in [0.29, 0.717) is 29.3 Å². The first-order valence-corrected chi connectivity index (χ1v) is 16.2. The molecule has 1 aromatic carbocycles. The number of nitrogen functional groups attached to an aromatic ring is 2. The molecule has 0 fully saturated rings. The molecule has 0 radical (unpaired) electrons. The summed E-state index contributed by atoms with van der Waals surface area (Å²) in [6.45, 7) is 8.79. The fourth-order valence-corrected chi connectivity index (χ4v) is 5.41. The van der Waals surface area contributed by atoms with Crippen LogP contribution in [-0.2, 0) is 16.1 Å². The number of aliphatic carboxylic acids is 2. The second kappa shape index (κ2) is 18.6. The van der Waals surface area contributed by atoms with Gasteiger partial charge in [0.1, 0.15) is 6.04 Å². The van der Waals surface area contributed by atoms with E-state index in [1.54, 1.807) is 18.3 Å². The molecule has 3 atom stereocenters. The van der Waals surface area contributed by atoms with E-state index in [1.165, 1.54) is 23.3 Å². The summed E-state index contributed by atoms with van der Waals surface area (Å²) in [5, 5.41) is 30.7. The van der Waals surface area contributed by atoms with Crippen LogP contribution in [0.15, 0.2) is 53.8 Å². The van der Waals surface area contributed by atoms with Crippen molar-refractivity contribution in [3.05, 3.63) is 65.0 Å². The highest BCUT2D eigenvalue weighted by atomic mass is 16.4. The van der Waals surface area contributed by atoms with E-state index < -0.39 is 29.5 Å². The Morgan fingerprint density at radius 1 is 1.12 bits per heavy atom. The Bertz CT molecular complexity index is 1690. The first kappa shape index (κ1) is 41.0. The number of anilines is 3. The molecule has 4 rings (SSSR count). The molecule has 0 saturated carbocycles. The minimum absolute atomic E-state index is 0. The summed E-state index contributed by atoms with van der Waals surface area (Å²) in [7, 11) is 1.82. The quantitative estimate of drug-likeness (QED) is 0.140. The zero-order chi connectivity index (χ0) is 36.3. The Morgan fingerprint density at radius 2 is 1.80 bits per heavy atom. The zero-order valence-corrected chi connectivity index (χ0v) is 29.3. The lowest BCUT2D eigenvalue weighted by molar-refractivity contribution is -0.140. The fraction of sp³-hybridized carbons (Fsp3) is 0.457. The topological polar surface area (TPSA) is 262 Å². The van der Waals surface area contributed by atoms with Crippen LogP contribution in [0.25, 0.3) is 11.2 Å². The second-order valence-corrected chi connectivity index (χ2v) is 12.9. The molecule has 3 aromatic rings. The summed E-state index contributed by atoms with van der Waals surface area (Å²) in [5.41, 5.74) is 16.0. The molecule has 0 spiro atoms. The third-order valence-electron chi connectivity index (χ3n) is 8.44. The molecule has 1 aliphatic carbocycles. The highest BCUT2D eigenvalue weighted by Gasteiger charge is 2.31. The van der Waals surface area contributed by atoms with Crippen LogP contribution in [0.3, 0.4) is 0 Å². The van der Waals surface area contributed by atoms with Crippen LogP contribution in [-0.4, -0.2) is 77.3 Å². The third kappa shape index (κ3) is 12.4. The molecular weight excluding hydrogens is 644 g/mol. The van der Waals surface area contributed by atoms with Gasteiger partial charge in [0.15, 0.2) is 17.0 Å². The highest BCUT2D eigenvalue weighted by molar-refractivity contribution is 5.97. The number of benzene rings is 1. The van der Waals surface area contributed by atoms with E-state index in [1.807, 2.05) is 18.9 Å². The number of nitrogens with one attached hydrogen (secondary N) is 1. The van der Waals surface area contributed by atoms with Crippen molar-refractivity contribution in [1.82, 2.24) is 25.3 Å². The normalized spacial score (nSPS) is 15.6. The van der Waals surface area contributed by atoms with Gasteiger partial charge in [-0.1, -0.05) is 23.3 Å². The first-order valence-electron chi connectivity index (χ1n) is 16.2. The number of fused-ring (bicyclic) bond motifs is 1. The maximum absolute atomic E-state index is 12.4. The number of hydrogen-bond acceptors (Lipinski definition) is 11. The number of amides is 1. The molecular formula is C35H50N8O7. The van der Waals surface area contributed by atoms with Gasteiger partial charge in [-0.25, -0.2) is 14.8 Å². The van der Waals surface area contributed by atoms with Gasteiger partial charge >= 0.3 is 11.9 Å². The largest absolute Gasteiger partial charge is 0.481 e. The van der Waals surface area contributed by atoms with Gasteiger partial charge in [-0.2, -0.15) is 9.97 Å². The molecule has 1 aliphatic rings. The number of aliphatic hydroxyl groups is 1. The van der Waals surface area contributed by atoms with Crippen LogP contribution in [0, 0.1) is 5.92 Å². The number of allylic oxidation sites excluding steroid dienone is 4. The highest BCUT2D eigenvalue weighted by Crippen LogP contribution is 2.34. The van der Waals surface area contributed by atoms with E-state index >= 15 is 0 Å². The number of hydrogen-bond donors (Lipinski definition) is 6. The lowest BCUT2D eigenvalue weighted by Crippen LogP contribution is -2.41. The predicted molar refractivity (Wildman–Crippen MR) is 192 cm³/mol. The standard InChI is InChI=1S/C20H22N8O5.C15H26O.H2O/c1-28(9-11-8-23-17-15(24-11)16(21)26-20(22)27-17)12-4-2-10(3-5-12)18(31)25-13(19(32)33)6-7-14(29)30;1-12(2)6-5-11-15(4,16)14-9-7-13(3)8-10-14;/h2-5,8,13H,6-7,9H2,1H3,(H,25,31)(H,29,30)(H,32,33)(H4,21,22,23,26,27);6-7,14,16H,5,8-11H2,1-4H3;1H2/t13-;14-,15+;/m00./s1. The number of carbonyl (C=O) groups is 3. The Kier molecular flexibility index (Phi) is 15.2. The maximum atomic E-state index is 12.4. The predicted octanol–water partition coefficient (Wildman–Crippen LogP) is 3.67. The number of carboxylic acid groups (broad SMARTS) is 2. The summed E-state index contributed by atoms with van der Waals surface area (Å²) in [6, 6.07) is 5.16. The van der Waals surface area contributed by atoms with Crippen molar-refractivity contribution in [2.75, 3.05) is 23.4 Å². The average Bonchev–Trinajstić information content (AvgIpc) is 3.03. The van der Waals surface area contributed by atoms with Crippen LogP contribution < -0.4 is 21.7 Å². The molecule has 0 saturated heterocycles. The number of carboxylic acids is 2. The Balaban J connectivity index is 0.000000430. The minimum atomic E-state index is -1.30. The Labute approximate surface area is 291 Å². The minimum Gasteiger partial charge on any atom is -0.481 e. The van der Waals surface area contributed by atoms with Gasteiger partial charge in [-0.05, 0) is 96.4 Å². The molecule has 272 valence electrons. The molecule has 0 aliphatic heterocycles.